The lowest BCUT2D eigenvalue weighted by atomic mass is 9.93. The number of nitrogens with zero attached hydrogens (tertiary/aromatic N) is 1. The van der Waals surface area contributed by atoms with E-state index in [4.69, 9.17) is 9.88 Å². The summed E-state index contributed by atoms with van der Waals surface area (Å²) in [5.74, 6) is 0.286. The Kier molecular flexibility index (Phi) is 5.69. The van der Waals surface area contributed by atoms with Crippen LogP contribution in [0.1, 0.15) is 12.0 Å². The molecule has 0 spiro atoms. The summed E-state index contributed by atoms with van der Waals surface area (Å²) in [6, 6.07) is 15.7. The summed E-state index contributed by atoms with van der Waals surface area (Å²) in [6.45, 7) is 5.89. The smallest absolute Gasteiger partial charge is 0.241 e. The fraction of sp³-hybridized carbons (Fsp3) is 0.304. The van der Waals surface area contributed by atoms with Crippen LogP contribution in [0.4, 0.5) is 5.69 Å². The first-order valence-corrected chi connectivity index (χ1v) is 11.6. The van der Waals surface area contributed by atoms with Crippen molar-refractivity contribution >= 4 is 26.5 Å². The number of rotatable bonds is 4. The maximum Gasteiger partial charge on any atom is 0.241 e. The van der Waals surface area contributed by atoms with E-state index in [-0.39, 0.29) is 10.6 Å². The minimum Gasteiger partial charge on any atom is -0.495 e. The number of benzene rings is 3. The van der Waals surface area contributed by atoms with Gasteiger partial charge in [-0.1, -0.05) is 36.4 Å². The first-order valence-electron chi connectivity index (χ1n) is 10.1. The molecule has 7 heteroatoms. The Labute approximate surface area is 177 Å². The van der Waals surface area contributed by atoms with Crippen LogP contribution in [0.15, 0.2) is 53.4 Å². The van der Waals surface area contributed by atoms with Crippen LogP contribution in [0.2, 0.25) is 0 Å². The van der Waals surface area contributed by atoms with Crippen molar-refractivity contribution < 1.29 is 13.2 Å². The van der Waals surface area contributed by atoms with Crippen molar-refractivity contribution in [3.05, 3.63) is 54.1 Å². The molecule has 158 valence electrons. The Morgan fingerprint density at radius 2 is 1.77 bits per heavy atom. The minimum absolute atomic E-state index is 0.00245. The highest BCUT2D eigenvalue weighted by molar-refractivity contribution is 7.89. The van der Waals surface area contributed by atoms with Gasteiger partial charge in [-0.15, -0.1) is 0 Å². The summed E-state index contributed by atoms with van der Waals surface area (Å²) in [5.41, 5.74) is 3.81. The molecule has 0 aromatic heterocycles. The third-order valence-corrected chi connectivity index (χ3v) is 6.63. The van der Waals surface area contributed by atoms with E-state index >= 15 is 0 Å². The molecule has 0 unspecified atom stereocenters. The quantitative estimate of drug-likeness (QED) is 0.670. The van der Waals surface area contributed by atoms with E-state index in [1.54, 1.807) is 6.07 Å². The van der Waals surface area contributed by atoms with Crippen LogP contribution in [0.5, 0.6) is 5.75 Å². The number of nitrogens with two attached hydrogens (primary N) is 1. The molecule has 3 N–H and O–H groups in total. The Bertz CT molecular complexity index is 1180. The lowest BCUT2D eigenvalue weighted by Gasteiger charge is -2.25. The Morgan fingerprint density at radius 1 is 1.00 bits per heavy atom. The molecular weight excluding hydrogens is 398 g/mol. The first-order chi connectivity index (χ1) is 14.4. The third-order valence-electron chi connectivity index (χ3n) is 5.69. The number of nitrogens with one attached hydrogen (secondary N) is 1. The fourth-order valence-corrected chi connectivity index (χ4v) is 4.99. The van der Waals surface area contributed by atoms with Gasteiger partial charge in [0.1, 0.15) is 10.6 Å². The van der Waals surface area contributed by atoms with Gasteiger partial charge in [0.25, 0.3) is 0 Å². The molecule has 0 radical (unpaired) electrons. The predicted molar refractivity (Wildman–Crippen MR) is 122 cm³/mol. The summed E-state index contributed by atoms with van der Waals surface area (Å²) in [4.78, 5) is 2.41. The Hall–Kier alpha value is -2.61. The number of aryl methyl sites for hydroxylation is 1. The molecule has 1 saturated heterocycles. The van der Waals surface area contributed by atoms with E-state index in [9.17, 15) is 8.42 Å². The molecular formula is C23H27N3O3S. The molecule has 1 aliphatic heterocycles. The number of ether oxygens (including phenoxy) is 1. The largest absolute Gasteiger partial charge is 0.495 e. The van der Waals surface area contributed by atoms with E-state index in [0.717, 1.165) is 60.1 Å². The van der Waals surface area contributed by atoms with Crippen molar-refractivity contribution in [2.45, 2.75) is 18.2 Å². The highest BCUT2D eigenvalue weighted by Crippen LogP contribution is 2.43. The van der Waals surface area contributed by atoms with Crippen LogP contribution < -0.4 is 20.1 Å². The maximum atomic E-state index is 12.1. The third kappa shape index (κ3) is 3.76. The Morgan fingerprint density at radius 3 is 2.50 bits per heavy atom. The zero-order valence-corrected chi connectivity index (χ0v) is 18.1. The molecule has 6 nitrogen and oxygen atoms in total. The van der Waals surface area contributed by atoms with Gasteiger partial charge in [-0.3, -0.25) is 0 Å². The maximum absolute atomic E-state index is 12.1. The molecule has 0 atom stereocenters. The second kappa shape index (κ2) is 8.26. The zero-order chi connectivity index (χ0) is 21.3. The number of methoxy groups -OCH3 is 1. The van der Waals surface area contributed by atoms with Crippen molar-refractivity contribution in [1.82, 2.24) is 5.32 Å². The molecule has 30 heavy (non-hydrogen) atoms. The summed E-state index contributed by atoms with van der Waals surface area (Å²) >= 11 is 0. The van der Waals surface area contributed by atoms with Gasteiger partial charge >= 0.3 is 0 Å². The second-order valence-corrected chi connectivity index (χ2v) is 9.13. The van der Waals surface area contributed by atoms with Crippen LogP contribution in [0, 0.1) is 6.92 Å². The fourth-order valence-electron chi connectivity index (χ4n) is 4.29. The first kappa shape index (κ1) is 20.7. The van der Waals surface area contributed by atoms with Crippen LogP contribution in [0.25, 0.3) is 21.9 Å². The number of hydrogen-bond donors (Lipinski definition) is 2. The molecule has 0 saturated carbocycles. The highest BCUT2D eigenvalue weighted by Gasteiger charge is 2.23. The summed E-state index contributed by atoms with van der Waals surface area (Å²) in [5, 5.41) is 11.1. The molecule has 1 fully saturated rings. The van der Waals surface area contributed by atoms with Crippen LogP contribution in [0.3, 0.4) is 0 Å². The van der Waals surface area contributed by atoms with Crippen LogP contribution in [-0.4, -0.2) is 41.7 Å². The molecule has 0 bridgehead atoms. The van der Waals surface area contributed by atoms with Crippen molar-refractivity contribution in [1.29, 1.82) is 0 Å². The van der Waals surface area contributed by atoms with Crippen molar-refractivity contribution in [2.24, 2.45) is 5.14 Å². The van der Waals surface area contributed by atoms with Gasteiger partial charge in [0, 0.05) is 36.3 Å². The van der Waals surface area contributed by atoms with E-state index in [2.05, 4.69) is 34.5 Å². The van der Waals surface area contributed by atoms with Crippen molar-refractivity contribution in [2.75, 3.05) is 38.2 Å². The number of fused-ring (bicyclic) bond motifs is 1. The van der Waals surface area contributed by atoms with E-state index in [0.29, 0.717) is 0 Å². The molecule has 0 aliphatic carbocycles. The second-order valence-electron chi connectivity index (χ2n) is 7.60. The van der Waals surface area contributed by atoms with Gasteiger partial charge in [-0.05, 0) is 48.5 Å². The molecule has 3 aromatic rings. The molecule has 1 heterocycles. The lowest BCUT2D eigenvalue weighted by Crippen LogP contribution is -2.27. The number of hydrogen-bond acceptors (Lipinski definition) is 5. The van der Waals surface area contributed by atoms with E-state index in [1.807, 2.05) is 19.1 Å². The monoisotopic (exact) mass is 425 g/mol. The van der Waals surface area contributed by atoms with Gasteiger partial charge in [0.05, 0.1) is 7.11 Å². The summed E-state index contributed by atoms with van der Waals surface area (Å²) in [6.07, 6.45) is 1.10. The van der Waals surface area contributed by atoms with Gasteiger partial charge in [-0.25, -0.2) is 13.6 Å². The SMILES string of the molecule is COc1c(S(N)(=O)=O)ccc(C)c1-c1ccc(N2CCCNCC2)c2ccccc12. The molecule has 4 rings (SSSR count). The average molecular weight is 426 g/mol. The van der Waals surface area contributed by atoms with Gasteiger partial charge < -0.3 is 15.0 Å². The predicted octanol–water partition coefficient (Wildman–Crippen LogP) is 3.27. The van der Waals surface area contributed by atoms with Crippen molar-refractivity contribution in [3.8, 4) is 16.9 Å². The molecule has 0 amide bonds. The van der Waals surface area contributed by atoms with Gasteiger partial charge in [0.15, 0.2) is 0 Å². The summed E-state index contributed by atoms with van der Waals surface area (Å²) in [7, 11) is -2.44. The van der Waals surface area contributed by atoms with Crippen molar-refractivity contribution in [3.63, 3.8) is 0 Å². The number of anilines is 1. The lowest BCUT2D eigenvalue weighted by molar-refractivity contribution is 0.404. The number of primary sulfonamides is 1. The molecule has 3 aromatic carbocycles. The topological polar surface area (TPSA) is 84.7 Å². The van der Waals surface area contributed by atoms with E-state index < -0.39 is 10.0 Å². The van der Waals surface area contributed by atoms with Crippen LogP contribution in [-0.2, 0) is 10.0 Å². The van der Waals surface area contributed by atoms with Crippen LogP contribution >= 0.6 is 0 Å². The van der Waals surface area contributed by atoms with Gasteiger partial charge in [-0.2, -0.15) is 0 Å². The minimum atomic E-state index is -3.92. The normalized spacial score (nSPS) is 15.2. The standard InChI is InChI=1S/C23H27N3O3S/c1-16-8-11-21(30(24,27)28)23(29-2)22(16)19-9-10-20(18-7-4-3-6-17(18)19)26-14-5-12-25-13-15-26/h3-4,6-11,25H,5,12-15H2,1-2H3,(H2,24,27,28). The number of sulfonamides is 1. The molecule has 1 aliphatic rings. The highest BCUT2D eigenvalue weighted by atomic mass is 32.2. The summed E-state index contributed by atoms with van der Waals surface area (Å²) < 4.78 is 29.9. The van der Waals surface area contributed by atoms with Gasteiger partial charge in [0.2, 0.25) is 10.0 Å². The zero-order valence-electron chi connectivity index (χ0n) is 17.3. The van der Waals surface area contributed by atoms with E-state index in [1.165, 1.54) is 18.9 Å². The Balaban J connectivity index is 1.97. The average Bonchev–Trinajstić information content (AvgIpc) is 3.01.